The van der Waals surface area contributed by atoms with Gasteiger partial charge in [-0.3, -0.25) is 4.90 Å². The third-order valence-electron chi connectivity index (χ3n) is 1.31. The molecule has 0 aromatic heterocycles. The Bertz CT molecular complexity index is 170. The summed E-state index contributed by atoms with van der Waals surface area (Å²) in [4.78, 5) is 12.0. The summed E-state index contributed by atoms with van der Waals surface area (Å²) in [5.74, 6) is 2.42. The van der Waals surface area contributed by atoms with Gasteiger partial charge in [-0.1, -0.05) is 5.92 Å². The van der Waals surface area contributed by atoms with E-state index in [0.29, 0.717) is 6.61 Å². The van der Waals surface area contributed by atoms with Crippen molar-refractivity contribution < 1.29 is 9.53 Å². The molecule has 1 atom stereocenters. The second-order valence-corrected chi connectivity index (χ2v) is 1.87. The summed E-state index contributed by atoms with van der Waals surface area (Å²) in [7, 11) is 1.62. The zero-order valence-electron chi connectivity index (χ0n) is 5.13. The second-order valence-electron chi connectivity index (χ2n) is 1.87. The van der Waals surface area contributed by atoms with Gasteiger partial charge in [0.05, 0.1) is 0 Å². The van der Waals surface area contributed by atoms with Gasteiger partial charge in [0, 0.05) is 7.05 Å². The average Bonchev–Trinajstić information content (AvgIpc) is 2.15. The van der Waals surface area contributed by atoms with Gasteiger partial charge < -0.3 is 4.74 Å². The Kier molecular flexibility index (Phi) is 1.31. The normalized spacial score (nSPS) is 25.6. The first-order valence-electron chi connectivity index (χ1n) is 2.61. The van der Waals surface area contributed by atoms with E-state index in [2.05, 4.69) is 10.7 Å². The van der Waals surface area contributed by atoms with Crippen LogP contribution in [0.2, 0.25) is 0 Å². The number of ether oxygens (including phenoxy) is 1. The molecule has 48 valence electrons. The maximum absolute atomic E-state index is 10.6. The number of nitrogens with zero attached hydrogens (tertiary/aromatic N) is 1. The number of rotatable bonds is 0. The lowest BCUT2D eigenvalue weighted by Gasteiger charge is -2.07. The minimum absolute atomic E-state index is 0.169. The maximum Gasteiger partial charge on any atom is 0.410 e. The number of carbonyl (C=O) groups excluding carboxylic acids is 1. The number of carbonyl (C=O) groups is 1. The highest BCUT2D eigenvalue weighted by atomic mass is 16.6. The van der Waals surface area contributed by atoms with Crippen molar-refractivity contribution in [1.29, 1.82) is 0 Å². The largest absolute Gasteiger partial charge is 0.446 e. The van der Waals surface area contributed by atoms with Gasteiger partial charge in [-0.05, 0) is 0 Å². The lowest BCUT2D eigenvalue weighted by molar-refractivity contribution is 0.163. The molecule has 0 radical (unpaired) electrons. The van der Waals surface area contributed by atoms with E-state index in [9.17, 15) is 4.79 Å². The SMILES string of the molecule is C#CC1COC(=O)N1C. The fraction of sp³-hybridized carbons (Fsp3) is 0.500. The smallest absolute Gasteiger partial charge is 0.410 e. The van der Waals surface area contributed by atoms with E-state index in [0.717, 1.165) is 0 Å². The Labute approximate surface area is 53.6 Å². The molecule has 1 aliphatic rings. The summed E-state index contributed by atoms with van der Waals surface area (Å²) in [6.07, 6.45) is 4.73. The number of amides is 1. The van der Waals surface area contributed by atoms with Crippen LogP contribution in [-0.2, 0) is 4.74 Å². The molecule has 1 saturated heterocycles. The molecule has 0 aromatic rings. The topological polar surface area (TPSA) is 29.5 Å². The van der Waals surface area contributed by atoms with Crippen LogP contribution in [0, 0.1) is 12.3 Å². The van der Waals surface area contributed by atoms with Crippen LogP contribution in [0.25, 0.3) is 0 Å². The molecule has 1 rings (SSSR count). The predicted octanol–water partition coefficient (Wildman–Crippen LogP) is 0.0702. The van der Waals surface area contributed by atoms with E-state index >= 15 is 0 Å². The summed E-state index contributed by atoms with van der Waals surface area (Å²) in [5.41, 5.74) is 0. The van der Waals surface area contributed by atoms with Crippen molar-refractivity contribution in [1.82, 2.24) is 4.90 Å². The van der Waals surface area contributed by atoms with Crippen molar-refractivity contribution in [2.24, 2.45) is 0 Å². The summed E-state index contributed by atoms with van der Waals surface area (Å²) < 4.78 is 4.61. The van der Waals surface area contributed by atoms with E-state index < -0.39 is 0 Å². The molecule has 1 fully saturated rings. The third-order valence-corrected chi connectivity index (χ3v) is 1.31. The summed E-state index contributed by atoms with van der Waals surface area (Å²) in [6, 6.07) is -0.169. The highest BCUT2D eigenvalue weighted by Crippen LogP contribution is 2.06. The van der Waals surface area contributed by atoms with E-state index in [1.54, 1.807) is 7.05 Å². The van der Waals surface area contributed by atoms with Crippen molar-refractivity contribution in [3.05, 3.63) is 0 Å². The molecule has 0 saturated carbocycles. The fourth-order valence-electron chi connectivity index (χ4n) is 0.651. The van der Waals surface area contributed by atoms with Gasteiger partial charge in [0.25, 0.3) is 0 Å². The van der Waals surface area contributed by atoms with Crippen LogP contribution >= 0.6 is 0 Å². The molecular weight excluding hydrogens is 118 g/mol. The molecular formula is C6H7NO2. The first-order chi connectivity index (χ1) is 4.25. The first-order valence-corrected chi connectivity index (χ1v) is 2.61. The van der Waals surface area contributed by atoms with Crippen LogP contribution in [0.15, 0.2) is 0 Å². The molecule has 1 aliphatic heterocycles. The lowest BCUT2D eigenvalue weighted by Crippen LogP contribution is -2.27. The minimum atomic E-state index is -0.335. The van der Waals surface area contributed by atoms with E-state index in [1.807, 2.05) is 0 Å². The van der Waals surface area contributed by atoms with Gasteiger partial charge in [0.1, 0.15) is 12.6 Å². The Morgan fingerprint density at radius 2 is 2.67 bits per heavy atom. The van der Waals surface area contributed by atoms with Gasteiger partial charge >= 0.3 is 6.09 Å². The molecule has 0 aliphatic carbocycles. The number of likely N-dealkylation sites (N-methyl/N-ethyl adjacent to an activating group) is 1. The van der Waals surface area contributed by atoms with Crippen molar-refractivity contribution in [2.75, 3.05) is 13.7 Å². The molecule has 9 heavy (non-hydrogen) atoms. The fourth-order valence-corrected chi connectivity index (χ4v) is 0.651. The van der Waals surface area contributed by atoms with Crippen molar-refractivity contribution in [3.8, 4) is 12.3 Å². The lowest BCUT2D eigenvalue weighted by atomic mass is 10.3. The highest BCUT2D eigenvalue weighted by molar-refractivity contribution is 5.70. The molecule has 0 bridgehead atoms. The Morgan fingerprint density at radius 1 is 2.00 bits per heavy atom. The Hall–Kier alpha value is -1.17. The molecule has 1 amide bonds. The van der Waals surface area contributed by atoms with Gasteiger partial charge in [0.2, 0.25) is 0 Å². The quantitative estimate of drug-likeness (QED) is 0.429. The van der Waals surface area contributed by atoms with E-state index in [4.69, 9.17) is 6.42 Å². The predicted molar refractivity (Wildman–Crippen MR) is 31.7 cm³/mol. The second kappa shape index (κ2) is 1.98. The molecule has 1 heterocycles. The van der Waals surface area contributed by atoms with Crippen LogP contribution in [-0.4, -0.2) is 30.7 Å². The van der Waals surface area contributed by atoms with Crippen LogP contribution in [0.4, 0.5) is 4.79 Å². The van der Waals surface area contributed by atoms with Crippen LogP contribution < -0.4 is 0 Å². The summed E-state index contributed by atoms with van der Waals surface area (Å²) >= 11 is 0. The molecule has 1 unspecified atom stereocenters. The van der Waals surface area contributed by atoms with Crippen LogP contribution in [0.1, 0.15) is 0 Å². The summed E-state index contributed by atoms with van der Waals surface area (Å²) in [6.45, 7) is 0.325. The van der Waals surface area contributed by atoms with Crippen molar-refractivity contribution in [3.63, 3.8) is 0 Å². The van der Waals surface area contributed by atoms with Gasteiger partial charge in [0.15, 0.2) is 0 Å². The van der Waals surface area contributed by atoms with E-state index in [1.165, 1.54) is 4.90 Å². The Morgan fingerprint density at radius 3 is 2.89 bits per heavy atom. The third kappa shape index (κ3) is 0.833. The van der Waals surface area contributed by atoms with Crippen molar-refractivity contribution in [2.45, 2.75) is 6.04 Å². The maximum atomic E-state index is 10.6. The number of hydrogen-bond donors (Lipinski definition) is 0. The van der Waals surface area contributed by atoms with E-state index in [-0.39, 0.29) is 12.1 Å². The zero-order chi connectivity index (χ0) is 6.85. The zero-order valence-corrected chi connectivity index (χ0v) is 5.13. The van der Waals surface area contributed by atoms with Crippen molar-refractivity contribution >= 4 is 6.09 Å². The molecule has 0 aromatic carbocycles. The molecule has 3 heteroatoms. The van der Waals surface area contributed by atoms with Gasteiger partial charge in [-0.25, -0.2) is 4.79 Å². The molecule has 0 N–H and O–H groups in total. The molecule has 3 nitrogen and oxygen atoms in total. The van der Waals surface area contributed by atoms with Crippen LogP contribution in [0.3, 0.4) is 0 Å². The first kappa shape index (κ1) is 5.96. The van der Waals surface area contributed by atoms with Gasteiger partial charge in [-0.15, -0.1) is 6.42 Å². The monoisotopic (exact) mass is 125 g/mol. The average molecular weight is 125 g/mol. The Balaban J connectivity index is 2.64. The number of hydrogen-bond acceptors (Lipinski definition) is 2. The van der Waals surface area contributed by atoms with Gasteiger partial charge in [-0.2, -0.15) is 0 Å². The number of terminal acetylenes is 1. The summed E-state index contributed by atoms with van der Waals surface area (Å²) in [5, 5.41) is 0. The standard InChI is InChI=1S/C6H7NO2/c1-3-5-4-9-6(8)7(5)2/h1,5H,4H2,2H3. The minimum Gasteiger partial charge on any atom is -0.446 e. The van der Waals surface area contributed by atoms with Crippen LogP contribution in [0.5, 0.6) is 0 Å². The molecule has 0 spiro atoms. The number of cyclic esters (lactones) is 1. The highest BCUT2D eigenvalue weighted by Gasteiger charge is 2.27.